The Labute approximate surface area is 183 Å². The van der Waals surface area contributed by atoms with E-state index in [9.17, 15) is 9.59 Å². The number of piperidine rings is 1. The Bertz CT molecular complexity index is 935. The number of amides is 1. The summed E-state index contributed by atoms with van der Waals surface area (Å²) in [5.74, 6) is 2.01. The molecule has 2 aliphatic rings. The van der Waals surface area contributed by atoms with E-state index in [1.807, 2.05) is 35.8 Å². The van der Waals surface area contributed by atoms with E-state index in [0.29, 0.717) is 19.2 Å². The number of carbonyl (C=O) groups is 1. The van der Waals surface area contributed by atoms with Crippen molar-refractivity contribution in [3.05, 3.63) is 40.6 Å². The minimum atomic E-state index is -0.0108. The van der Waals surface area contributed by atoms with Crippen LogP contribution in [0.1, 0.15) is 63.2 Å². The number of hydrogen-bond acceptors (Lipinski definition) is 5. The van der Waals surface area contributed by atoms with Gasteiger partial charge in [0.15, 0.2) is 0 Å². The molecule has 1 N–H and O–H groups in total. The fourth-order valence-electron chi connectivity index (χ4n) is 4.84. The van der Waals surface area contributed by atoms with Gasteiger partial charge in [0.25, 0.3) is 0 Å². The molecule has 1 amide bonds. The van der Waals surface area contributed by atoms with Crippen molar-refractivity contribution in [2.24, 2.45) is 7.05 Å². The zero-order valence-electron chi connectivity index (χ0n) is 18.5. The van der Waals surface area contributed by atoms with Gasteiger partial charge in [-0.15, -0.1) is 0 Å². The molecule has 1 aromatic carbocycles. The topological polar surface area (TPSA) is 81.4 Å². The molecule has 1 aromatic heterocycles. The largest absolute Gasteiger partial charge is 0.494 e. The standard InChI is InChI=1S/C23H33N5O3/c1-3-31-20-10-8-18(9-11-20)24-21(29)16-27-14-12-17(13-15-27)22-25-26(2)23(30)28(22)19-6-4-5-7-19/h8-11,17,19H,3-7,12-16H2,1-2H3,(H,24,29). The number of benzene rings is 1. The van der Waals surface area contributed by atoms with Gasteiger partial charge in [-0.1, -0.05) is 12.8 Å². The Balaban J connectivity index is 1.31. The summed E-state index contributed by atoms with van der Waals surface area (Å²) >= 11 is 0. The first-order chi connectivity index (χ1) is 15.0. The number of carbonyl (C=O) groups excluding carboxylic acids is 1. The lowest BCUT2D eigenvalue weighted by molar-refractivity contribution is -0.117. The van der Waals surface area contributed by atoms with E-state index < -0.39 is 0 Å². The molecule has 0 spiro atoms. The lowest BCUT2D eigenvalue weighted by Gasteiger charge is -2.31. The van der Waals surface area contributed by atoms with Crippen LogP contribution in [-0.2, 0) is 11.8 Å². The monoisotopic (exact) mass is 427 g/mol. The SMILES string of the molecule is CCOc1ccc(NC(=O)CN2CCC(c3nn(C)c(=O)n3C3CCCC3)CC2)cc1. The molecule has 1 saturated carbocycles. The normalized spacial score (nSPS) is 18.4. The lowest BCUT2D eigenvalue weighted by atomic mass is 9.95. The second kappa shape index (κ2) is 9.68. The summed E-state index contributed by atoms with van der Waals surface area (Å²) in [6.07, 6.45) is 6.35. The Morgan fingerprint density at radius 2 is 1.81 bits per heavy atom. The number of aromatic nitrogens is 3. The van der Waals surface area contributed by atoms with Crippen LogP contribution in [-0.4, -0.2) is 51.4 Å². The molecular formula is C23H33N5O3. The molecule has 0 unspecified atom stereocenters. The average Bonchev–Trinajstić information content (AvgIpc) is 3.39. The van der Waals surface area contributed by atoms with Crippen LogP contribution >= 0.6 is 0 Å². The van der Waals surface area contributed by atoms with Crippen LogP contribution in [0.3, 0.4) is 0 Å². The minimum absolute atomic E-state index is 0.0108. The third-order valence-corrected chi connectivity index (χ3v) is 6.44. The van der Waals surface area contributed by atoms with Crippen molar-refractivity contribution in [2.45, 2.75) is 57.4 Å². The molecule has 4 rings (SSSR count). The van der Waals surface area contributed by atoms with E-state index in [4.69, 9.17) is 4.74 Å². The summed E-state index contributed by atoms with van der Waals surface area (Å²) in [7, 11) is 1.75. The fraction of sp³-hybridized carbons (Fsp3) is 0.609. The van der Waals surface area contributed by atoms with Crippen molar-refractivity contribution in [3.63, 3.8) is 0 Å². The predicted molar refractivity (Wildman–Crippen MR) is 120 cm³/mol. The van der Waals surface area contributed by atoms with Gasteiger partial charge in [-0.25, -0.2) is 9.48 Å². The molecule has 8 nitrogen and oxygen atoms in total. The Morgan fingerprint density at radius 1 is 1.13 bits per heavy atom. The predicted octanol–water partition coefficient (Wildman–Crippen LogP) is 2.91. The van der Waals surface area contributed by atoms with Crippen LogP contribution in [0.25, 0.3) is 0 Å². The maximum Gasteiger partial charge on any atom is 0.345 e. The number of anilines is 1. The summed E-state index contributed by atoms with van der Waals surface area (Å²) in [5, 5.41) is 7.56. The summed E-state index contributed by atoms with van der Waals surface area (Å²) in [4.78, 5) is 27.3. The molecule has 2 fully saturated rings. The molecular weight excluding hydrogens is 394 g/mol. The maximum atomic E-state index is 12.7. The highest BCUT2D eigenvalue weighted by molar-refractivity contribution is 5.92. The van der Waals surface area contributed by atoms with Crippen molar-refractivity contribution in [1.82, 2.24) is 19.2 Å². The second-order valence-electron chi connectivity index (χ2n) is 8.63. The van der Waals surface area contributed by atoms with Crippen LogP contribution in [0.2, 0.25) is 0 Å². The van der Waals surface area contributed by atoms with Crippen LogP contribution in [0.5, 0.6) is 5.75 Å². The van der Waals surface area contributed by atoms with Gasteiger partial charge >= 0.3 is 5.69 Å². The summed E-state index contributed by atoms with van der Waals surface area (Å²) < 4.78 is 8.89. The quantitative estimate of drug-likeness (QED) is 0.735. The number of likely N-dealkylation sites (tertiary alicyclic amines) is 1. The molecule has 2 heterocycles. The molecule has 0 bridgehead atoms. The Morgan fingerprint density at radius 3 is 2.45 bits per heavy atom. The molecule has 1 aliphatic carbocycles. The molecule has 31 heavy (non-hydrogen) atoms. The molecule has 8 heteroatoms. The van der Waals surface area contributed by atoms with Gasteiger partial charge < -0.3 is 10.1 Å². The lowest BCUT2D eigenvalue weighted by Crippen LogP contribution is -2.39. The summed E-state index contributed by atoms with van der Waals surface area (Å²) in [5.41, 5.74) is 0.788. The number of nitrogens with one attached hydrogen (secondary N) is 1. The molecule has 1 aliphatic heterocycles. The highest BCUT2D eigenvalue weighted by Crippen LogP contribution is 2.33. The zero-order chi connectivity index (χ0) is 21.8. The minimum Gasteiger partial charge on any atom is -0.494 e. The van der Waals surface area contributed by atoms with Gasteiger partial charge in [-0.3, -0.25) is 14.3 Å². The van der Waals surface area contributed by atoms with E-state index >= 15 is 0 Å². The molecule has 0 atom stereocenters. The van der Waals surface area contributed by atoms with Crippen molar-refractivity contribution < 1.29 is 9.53 Å². The van der Waals surface area contributed by atoms with Crippen LogP contribution in [0.15, 0.2) is 29.1 Å². The van der Waals surface area contributed by atoms with Gasteiger partial charge in [0.1, 0.15) is 11.6 Å². The first-order valence-corrected chi connectivity index (χ1v) is 11.5. The molecule has 1 saturated heterocycles. The van der Waals surface area contributed by atoms with Gasteiger partial charge in [0.2, 0.25) is 5.91 Å². The molecule has 168 valence electrons. The number of nitrogens with zero attached hydrogens (tertiary/aromatic N) is 4. The second-order valence-corrected chi connectivity index (χ2v) is 8.63. The van der Waals surface area contributed by atoms with Gasteiger partial charge in [-0.2, -0.15) is 5.10 Å². The highest BCUT2D eigenvalue weighted by atomic mass is 16.5. The van der Waals surface area contributed by atoms with E-state index in [1.54, 1.807) is 7.05 Å². The van der Waals surface area contributed by atoms with Crippen molar-refractivity contribution in [3.8, 4) is 5.75 Å². The van der Waals surface area contributed by atoms with E-state index in [1.165, 1.54) is 17.5 Å². The first kappa shape index (κ1) is 21.6. The number of aryl methyl sites for hydroxylation is 1. The zero-order valence-corrected chi connectivity index (χ0v) is 18.5. The van der Waals surface area contributed by atoms with Gasteiger partial charge in [-0.05, 0) is 70.0 Å². The van der Waals surface area contributed by atoms with Crippen LogP contribution in [0, 0.1) is 0 Å². The van der Waals surface area contributed by atoms with Crippen molar-refractivity contribution >= 4 is 11.6 Å². The Hall–Kier alpha value is -2.61. The third kappa shape index (κ3) is 5.01. The molecule has 0 radical (unpaired) electrons. The van der Waals surface area contributed by atoms with Crippen molar-refractivity contribution in [1.29, 1.82) is 0 Å². The number of rotatable bonds is 7. The Kier molecular flexibility index (Phi) is 6.75. The summed E-state index contributed by atoms with van der Waals surface area (Å²) in [6.45, 7) is 4.60. The van der Waals surface area contributed by atoms with Crippen LogP contribution < -0.4 is 15.7 Å². The highest BCUT2D eigenvalue weighted by Gasteiger charge is 2.30. The van der Waals surface area contributed by atoms with E-state index in [-0.39, 0.29) is 17.5 Å². The van der Waals surface area contributed by atoms with Crippen LogP contribution in [0.4, 0.5) is 5.69 Å². The van der Waals surface area contributed by atoms with Crippen molar-refractivity contribution in [2.75, 3.05) is 31.6 Å². The van der Waals surface area contributed by atoms with Gasteiger partial charge in [0, 0.05) is 24.7 Å². The first-order valence-electron chi connectivity index (χ1n) is 11.5. The number of ether oxygens (including phenoxy) is 1. The average molecular weight is 428 g/mol. The summed E-state index contributed by atoms with van der Waals surface area (Å²) in [6, 6.07) is 7.74. The maximum absolute atomic E-state index is 12.7. The van der Waals surface area contributed by atoms with Gasteiger partial charge in [0.05, 0.1) is 13.2 Å². The fourth-order valence-corrected chi connectivity index (χ4v) is 4.84. The third-order valence-electron chi connectivity index (χ3n) is 6.44. The van der Waals surface area contributed by atoms with E-state index in [0.717, 1.165) is 56.0 Å². The molecule has 2 aromatic rings. The van der Waals surface area contributed by atoms with E-state index in [2.05, 4.69) is 15.3 Å². The number of hydrogen-bond donors (Lipinski definition) is 1. The smallest absolute Gasteiger partial charge is 0.345 e.